The van der Waals surface area contributed by atoms with Crippen LogP contribution in [0.25, 0.3) is 0 Å². The van der Waals surface area contributed by atoms with Crippen LogP contribution in [0.1, 0.15) is 11.1 Å². The highest BCUT2D eigenvalue weighted by molar-refractivity contribution is 6.32. The Labute approximate surface area is 200 Å². The van der Waals surface area contributed by atoms with Crippen LogP contribution in [0, 0.1) is 0 Å². The quantitative estimate of drug-likeness (QED) is 0.304. The number of hydrogen-bond acceptors (Lipinski definition) is 5. The second kappa shape index (κ2) is 11.6. The summed E-state index contributed by atoms with van der Waals surface area (Å²) < 4.78 is 16.6. The van der Waals surface area contributed by atoms with Gasteiger partial charge < -0.3 is 14.2 Å². The van der Waals surface area contributed by atoms with Crippen molar-refractivity contribution >= 4 is 46.9 Å². The average molecular weight is 494 g/mol. The Balaban J connectivity index is 1.57. The van der Waals surface area contributed by atoms with Crippen LogP contribution in [0.15, 0.2) is 65.8 Å². The molecule has 0 atom stereocenters. The second-order valence-corrected chi connectivity index (χ2v) is 7.77. The molecule has 0 unspecified atom stereocenters. The van der Waals surface area contributed by atoms with Crippen LogP contribution >= 0.6 is 34.8 Å². The number of amides is 1. The van der Waals surface area contributed by atoms with Gasteiger partial charge in [-0.05, 0) is 59.7 Å². The predicted octanol–water partition coefficient (Wildman–Crippen LogP) is 5.76. The largest absolute Gasteiger partial charge is 0.493 e. The summed E-state index contributed by atoms with van der Waals surface area (Å²) in [7, 11) is 1.51. The molecule has 3 aromatic rings. The number of rotatable bonds is 9. The minimum absolute atomic E-state index is 0.194. The molecule has 0 aliphatic rings. The van der Waals surface area contributed by atoms with Crippen LogP contribution in [0.3, 0.4) is 0 Å². The number of nitrogens with zero attached hydrogens (tertiary/aromatic N) is 1. The summed E-state index contributed by atoms with van der Waals surface area (Å²) in [6.45, 7) is 0.102. The molecule has 9 heteroatoms. The van der Waals surface area contributed by atoms with Gasteiger partial charge in [0.2, 0.25) is 0 Å². The Hall–Kier alpha value is -2.93. The lowest BCUT2D eigenvalue weighted by Gasteiger charge is -2.13. The van der Waals surface area contributed by atoms with E-state index in [1.54, 1.807) is 48.5 Å². The number of nitrogens with one attached hydrogen (secondary N) is 1. The van der Waals surface area contributed by atoms with Gasteiger partial charge in [0.25, 0.3) is 5.91 Å². The van der Waals surface area contributed by atoms with Crippen molar-refractivity contribution in [3.63, 3.8) is 0 Å². The fraction of sp³-hybridized carbons (Fsp3) is 0.130. The first-order chi connectivity index (χ1) is 15.4. The summed E-state index contributed by atoms with van der Waals surface area (Å²) in [4.78, 5) is 11.9. The van der Waals surface area contributed by atoms with Gasteiger partial charge in [-0.15, -0.1) is 0 Å². The highest BCUT2D eigenvalue weighted by Gasteiger charge is 2.12. The van der Waals surface area contributed by atoms with Gasteiger partial charge in [0, 0.05) is 10.0 Å². The number of carbonyl (C=O) groups is 1. The highest BCUT2D eigenvalue weighted by Crippen LogP contribution is 2.36. The number of benzene rings is 3. The van der Waals surface area contributed by atoms with Crippen LogP contribution in [-0.4, -0.2) is 25.8 Å². The molecule has 0 aliphatic carbocycles. The van der Waals surface area contributed by atoms with Crippen molar-refractivity contribution in [2.45, 2.75) is 6.61 Å². The maximum absolute atomic E-state index is 11.9. The van der Waals surface area contributed by atoms with Crippen LogP contribution < -0.4 is 19.6 Å². The van der Waals surface area contributed by atoms with Gasteiger partial charge in [-0.2, -0.15) is 5.10 Å². The van der Waals surface area contributed by atoms with Gasteiger partial charge in [0.1, 0.15) is 12.4 Å². The first-order valence-electron chi connectivity index (χ1n) is 9.39. The van der Waals surface area contributed by atoms with Crippen LogP contribution in [0.2, 0.25) is 15.1 Å². The molecular weight excluding hydrogens is 475 g/mol. The molecule has 166 valence electrons. The molecule has 0 heterocycles. The summed E-state index contributed by atoms with van der Waals surface area (Å²) in [5.74, 6) is 0.948. The molecule has 3 aromatic carbocycles. The summed E-state index contributed by atoms with van der Waals surface area (Å²) in [6, 6.07) is 17.3. The molecule has 0 saturated carbocycles. The van der Waals surface area contributed by atoms with Gasteiger partial charge in [-0.25, -0.2) is 5.43 Å². The van der Waals surface area contributed by atoms with Crippen molar-refractivity contribution in [3.8, 4) is 17.2 Å². The first kappa shape index (κ1) is 23.7. The van der Waals surface area contributed by atoms with E-state index in [0.29, 0.717) is 44.5 Å². The Morgan fingerprint density at radius 3 is 2.28 bits per heavy atom. The molecule has 1 amide bonds. The van der Waals surface area contributed by atoms with Gasteiger partial charge >= 0.3 is 0 Å². The molecule has 0 bridgehead atoms. The average Bonchev–Trinajstić information content (AvgIpc) is 2.79. The lowest BCUT2D eigenvalue weighted by molar-refractivity contribution is -0.123. The molecule has 1 N–H and O–H groups in total. The predicted molar refractivity (Wildman–Crippen MR) is 126 cm³/mol. The van der Waals surface area contributed by atoms with E-state index in [0.717, 1.165) is 5.56 Å². The van der Waals surface area contributed by atoms with Crippen molar-refractivity contribution < 1.29 is 19.0 Å². The van der Waals surface area contributed by atoms with Crippen molar-refractivity contribution in [1.29, 1.82) is 0 Å². The molecule has 0 aromatic heterocycles. The molecule has 6 nitrogen and oxygen atoms in total. The minimum atomic E-state index is -0.419. The van der Waals surface area contributed by atoms with Crippen molar-refractivity contribution in [3.05, 3.63) is 86.9 Å². The van der Waals surface area contributed by atoms with E-state index >= 15 is 0 Å². The fourth-order valence-electron chi connectivity index (χ4n) is 2.58. The number of carbonyl (C=O) groups excluding carboxylic acids is 1. The lowest BCUT2D eigenvalue weighted by Crippen LogP contribution is -2.24. The Bertz CT molecular complexity index is 1090. The smallest absolute Gasteiger partial charge is 0.277 e. The molecule has 0 spiro atoms. The third kappa shape index (κ3) is 7.05. The maximum atomic E-state index is 11.9. The number of ether oxygens (including phenoxy) is 3. The van der Waals surface area contributed by atoms with Gasteiger partial charge in [0.05, 0.1) is 18.3 Å². The van der Waals surface area contributed by atoms with E-state index in [9.17, 15) is 4.79 Å². The SMILES string of the molecule is COc1cc(/C=N\NC(=O)COc2ccc(Cl)cc2)cc(Cl)c1OCc1ccc(Cl)cc1. The highest BCUT2D eigenvalue weighted by atomic mass is 35.5. The van der Waals surface area contributed by atoms with E-state index in [2.05, 4.69) is 10.5 Å². The monoisotopic (exact) mass is 492 g/mol. The van der Waals surface area contributed by atoms with Crippen LogP contribution in [-0.2, 0) is 11.4 Å². The topological polar surface area (TPSA) is 69.2 Å². The maximum Gasteiger partial charge on any atom is 0.277 e. The Kier molecular flexibility index (Phi) is 8.62. The standard InChI is InChI=1S/C23H19Cl3N2O4/c1-30-21-11-16(10-20(26)23(21)32-13-15-2-4-17(24)5-3-15)12-27-28-22(29)14-31-19-8-6-18(25)7-9-19/h2-12H,13-14H2,1H3,(H,28,29)/b27-12-. The summed E-state index contributed by atoms with van der Waals surface area (Å²) in [5, 5.41) is 5.50. The summed E-state index contributed by atoms with van der Waals surface area (Å²) in [6.07, 6.45) is 1.44. The van der Waals surface area contributed by atoms with Crippen molar-refractivity contribution in [2.75, 3.05) is 13.7 Å². The fourth-order valence-corrected chi connectivity index (χ4v) is 3.11. The molecule has 0 fully saturated rings. The van der Waals surface area contributed by atoms with Crippen molar-refractivity contribution in [2.24, 2.45) is 5.10 Å². The van der Waals surface area contributed by atoms with Crippen LogP contribution in [0.4, 0.5) is 0 Å². The Morgan fingerprint density at radius 1 is 0.969 bits per heavy atom. The third-order valence-corrected chi connectivity index (χ3v) is 4.92. The number of hydrazone groups is 1. The number of hydrogen-bond donors (Lipinski definition) is 1. The van der Waals surface area contributed by atoms with Gasteiger partial charge in [-0.1, -0.05) is 46.9 Å². The van der Waals surface area contributed by atoms with Gasteiger partial charge in [0.15, 0.2) is 18.1 Å². The Morgan fingerprint density at radius 2 is 1.62 bits per heavy atom. The molecule has 0 radical (unpaired) electrons. The number of methoxy groups -OCH3 is 1. The zero-order valence-corrected chi connectivity index (χ0v) is 19.2. The minimum Gasteiger partial charge on any atom is -0.493 e. The van der Waals surface area contributed by atoms with E-state index < -0.39 is 5.91 Å². The van der Waals surface area contributed by atoms with Gasteiger partial charge in [-0.3, -0.25) is 4.79 Å². The summed E-state index contributed by atoms with van der Waals surface area (Å²) >= 11 is 18.1. The van der Waals surface area contributed by atoms with E-state index in [-0.39, 0.29) is 6.61 Å². The second-order valence-electron chi connectivity index (χ2n) is 6.49. The molecule has 0 saturated heterocycles. The van der Waals surface area contributed by atoms with E-state index in [4.69, 9.17) is 49.0 Å². The molecule has 0 aliphatic heterocycles. The third-order valence-electron chi connectivity index (χ3n) is 4.13. The zero-order chi connectivity index (χ0) is 22.9. The number of halogens is 3. The van der Waals surface area contributed by atoms with E-state index in [1.807, 2.05) is 12.1 Å². The first-order valence-corrected chi connectivity index (χ1v) is 10.5. The normalized spacial score (nSPS) is 10.8. The lowest BCUT2D eigenvalue weighted by atomic mass is 10.2. The molecular formula is C23H19Cl3N2O4. The van der Waals surface area contributed by atoms with Crippen molar-refractivity contribution in [1.82, 2.24) is 5.43 Å². The molecule has 32 heavy (non-hydrogen) atoms. The van der Waals surface area contributed by atoms with E-state index in [1.165, 1.54) is 13.3 Å². The van der Waals surface area contributed by atoms with Crippen LogP contribution in [0.5, 0.6) is 17.2 Å². The summed E-state index contributed by atoms with van der Waals surface area (Å²) in [5.41, 5.74) is 3.94. The molecule has 3 rings (SSSR count). The zero-order valence-electron chi connectivity index (χ0n) is 17.0.